The van der Waals surface area contributed by atoms with Gasteiger partial charge >= 0.3 is 36.3 Å². The second kappa shape index (κ2) is 25.6. The zero-order valence-corrected chi connectivity index (χ0v) is 33.3. The van der Waals surface area contributed by atoms with Crippen molar-refractivity contribution in [3.05, 3.63) is 24.3 Å². The highest BCUT2D eigenvalue weighted by Crippen LogP contribution is 2.62. The van der Waals surface area contributed by atoms with Gasteiger partial charge < -0.3 is 49.7 Å². The summed E-state index contributed by atoms with van der Waals surface area (Å²) in [7, 11) is 0. The summed E-state index contributed by atoms with van der Waals surface area (Å²) in [5.74, 6) is 2.20. The summed E-state index contributed by atoms with van der Waals surface area (Å²) in [6.07, 6.45) is 9.33. The van der Waals surface area contributed by atoms with Crippen LogP contribution in [0.2, 0.25) is 0 Å². The van der Waals surface area contributed by atoms with E-state index < -0.39 is 24.1 Å². The highest BCUT2D eigenvalue weighted by atomic mass is 16.6. The van der Waals surface area contributed by atoms with Gasteiger partial charge in [-0.2, -0.15) is 0 Å². The minimum atomic E-state index is -0.556. The van der Waals surface area contributed by atoms with E-state index in [1.807, 2.05) is 0 Å². The maximum absolute atomic E-state index is 12.4. The zero-order valence-electron chi connectivity index (χ0n) is 33.3. The lowest BCUT2D eigenvalue weighted by atomic mass is 9.76. The molecule has 3 aliphatic rings. The van der Waals surface area contributed by atoms with Crippen LogP contribution in [-0.2, 0) is 38.0 Å². The van der Waals surface area contributed by atoms with Crippen molar-refractivity contribution in [2.24, 2.45) is 35.5 Å². The molecule has 6 atom stereocenters. The number of unbranched alkanes of at least 4 members (excludes halogenated alkanes) is 6. The Labute approximate surface area is 330 Å². The molecule has 0 aromatic carbocycles. The molecule has 4 N–H and O–H groups in total. The van der Waals surface area contributed by atoms with Crippen molar-refractivity contribution in [2.75, 3.05) is 65.8 Å². The molecular formula is C40H64N4O12. The molecule has 2 bridgehead atoms. The molecule has 0 aromatic heterocycles. The van der Waals surface area contributed by atoms with Gasteiger partial charge in [0.25, 0.3) is 0 Å². The number of carbonyl (C=O) groups is 6. The molecule has 6 unspecified atom stereocenters. The quantitative estimate of drug-likeness (QED) is 0.0368. The van der Waals surface area contributed by atoms with E-state index in [4.69, 9.17) is 28.4 Å². The van der Waals surface area contributed by atoms with Crippen LogP contribution in [-0.4, -0.2) is 102 Å². The van der Waals surface area contributed by atoms with Crippen molar-refractivity contribution in [1.29, 1.82) is 0 Å². The smallest absolute Gasteiger partial charge is 0.407 e. The number of nitrogens with one attached hydrogen (secondary N) is 4. The maximum Gasteiger partial charge on any atom is 0.407 e. The van der Waals surface area contributed by atoms with Gasteiger partial charge in [-0.15, -0.1) is 0 Å². The second-order valence-electron chi connectivity index (χ2n) is 15.2. The molecule has 0 saturated heterocycles. The molecule has 3 aliphatic carbocycles. The van der Waals surface area contributed by atoms with Gasteiger partial charge in [-0.1, -0.05) is 38.8 Å². The molecule has 0 heterocycles. The van der Waals surface area contributed by atoms with Gasteiger partial charge in [-0.05, 0) is 101 Å². The van der Waals surface area contributed by atoms with Gasteiger partial charge in [0.15, 0.2) is 0 Å². The van der Waals surface area contributed by atoms with Crippen molar-refractivity contribution >= 4 is 36.3 Å². The average Bonchev–Trinajstić information content (AvgIpc) is 3.88. The van der Waals surface area contributed by atoms with E-state index in [0.29, 0.717) is 74.9 Å². The Hall–Kier alpha value is -4.50. The molecule has 4 amide bonds. The summed E-state index contributed by atoms with van der Waals surface area (Å²) in [5, 5.41) is 11.0. The van der Waals surface area contributed by atoms with Crippen LogP contribution in [0.25, 0.3) is 0 Å². The Morgan fingerprint density at radius 2 is 0.857 bits per heavy atom. The number of carbonyl (C=O) groups excluding carboxylic acids is 6. The van der Waals surface area contributed by atoms with Crippen molar-refractivity contribution in [2.45, 2.75) is 90.9 Å². The lowest BCUT2D eigenvalue weighted by Crippen LogP contribution is -2.31. The highest BCUT2D eigenvalue weighted by molar-refractivity contribution is 5.87. The lowest BCUT2D eigenvalue weighted by Gasteiger charge is -2.31. The lowest BCUT2D eigenvalue weighted by molar-refractivity contribution is -0.140. The number of rotatable bonds is 26. The maximum atomic E-state index is 12.4. The van der Waals surface area contributed by atoms with Crippen molar-refractivity contribution in [3.63, 3.8) is 0 Å². The normalized spacial score (nSPS) is 21.5. The predicted molar refractivity (Wildman–Crippen MR) is 205 cm³/mol. The van der Waals surface area contributed by atoms with E-state index >= 15 is 0 Å². The SMILES string of the molecule is C=C(C)C(=O)OCCOC(=O)NCCCCCCNC(=O)OCC1CC2C3CC(COC(=O)NCCCCCCNC(=O)OCCOC(=O)C(=C)C)C(C3)C2C1. The fraction of sp³-hybridized carbons (Fsp3) is 0.750. The van der Waals surface area contributed by atoms with E-state index in [-0.39, 0.29) is 49.8 Å². The van der Waals surface area contributed by atoms with Crippen LogP contribution < -0.4 is 21.3 Å². The molecule has 0 aromatic rings. The zero-order chi connectivity index (χ0) is 40.7. The van der Waals surface area contributed by atoms with Gasteiger partial charge in [0.2, 0.25) is 0 Å². The first kappa shape index (κ1) is 45.9. The van der Waals surface area contributed by atoms with Crippen LogP contribution in [0.3, 0.4) is 0 Å². The number of hydrogen-bond acceptors (Lipinski definition) is 12. The van der Waals surface area contributed by atoms with Gasteiger partial charge in [-0.3, -0.25) is 0 Å². The molecule has 0 spiro atoms. The Bertz CT molecular complexity index is 1330. The first-order chi connectivity index (χ1) is 26.9. The van der Waals surface area contributed by atoms with Crippen LogP contribution in [0.1, 0.15) is 90.9 Å². The average molecular weight is 793 g/mol. The van der Waals surface area contributed by atoms with Crippen molar-refractivity contribution in [3.8, 4) is 0 Å². The van der Waals surface area contributed by atoms with Crippen LogP contribution in [0, 0.1) is 35.5 Å². The van der Waals surface area contributed by atoms with Gasteiger partial charge in [0.05, 0.1) is 13.2 Å². The monoisotopic (exact) mass is 792 g/mol. The standard InChI is InChI=1S/C40H64N4O12/c1-27(2)35(45)51-17-19-53-37(47)41-13-9-5-7-11-15-43-39(49)55-25-29-21-32-30-23-31(33(24-30)34(32)22-29)26-56-40(50)44-16-12-8-6-10-14-42-38(48)54-20-18-52-36(46)28(3)4/h29-34H,1,3,5-26H2,2,4H3,(H,41,47)(H,42,48)(H,43,49)(H,44,50). The molecule has 16 nitrogen and oxygen atoms in total. The van der Waals surface area contributed by atoms with Gasteiger partial charge in [0.1, 0.15) is 26.4 Å². The molecule has 316 valence electrons. The molecule has 3 saturated carbocycles. The van der Waals surface area contributed by atoms with Crippen molar-refractivity contribution < 1.29 is 57.2 Å². The first-order valence-corrected chi connectivity index (χ1v) is 20.2. The summed E-state index contributed by atoms with van der Waals surface area (Å²) >= 11 is 0. The van der Waals surface area contributed by atoms with Crippen molar-refractivity contribution in [1.82, 2.24) is 21.3 Å². The van der Waals surface area contributed by atoms with Gasteiger partial charge in [-0.25, -0.2) is 28.8 Å². The number of hydrogen-bond donors (Lipinski definition) is 4. The largest absolute Gasteiger partial charge is 0.459 e. The molecule has 56 heavy (non-hydrogen) atoms. The van der Waals surface area contributed by atoms with E-state index in [1.54, 1.807) is 13.8 Å². The van der Waals surface area contributed by atoms with Crippen LogP contribution >= 0.6 is 0 Å². The summed E-state index contributed by atoms with van der Waals surface area (Å²) in [6, 6.07) is 0. The fourth-order valence-corrected chi connectivity index (χ4v) is 7.99. The third kappa shape index (κ3) is 17.5. The number of amides is 4. The topological polar surface area (TPSA) is 206 Å². The second-order valence-corrected chi connectivity index (χ2v) is 15.2. The summed E-state index contributed by atoms with van der Waals surface area (Å²) in [5.41, 5.74) is 0.576. The third-order valence-corrected chi connectivity index (χ3v) is 10.7. The first-order valence-electron chi connectivity index (χ1n) is 20.2. The predicted octanol–water partition coefficient (Wildman–Crippen LogP) is 5.55. The minimum absolute atomic E-state index is 0.0191. The molecule has 16 heteroatoms. The number of alkyl carbamates (subject to hydrolysis) is 4. The fourth-order valence-electron chi connectivity index (χ4n) is 7.99. The molecule has 0 radical (unpaired) electrons. The Kier molecular flexibility index (Phi) is 21.0. The Morgan fingerprint density at radius 3 is 1.30 bits per heavy atom. The van der Waals surface area contributed by atoms with Crippen LogP contribution in [0.5, 0.6) is 0 Å². The molecule has 0 aliphatic heterocycles. The highest BCUT2D eigenvalue weighted by Gasteiger charge is 2.56. The van der Waals surface area contributed by atoms with E-state index in [2.05, 4.69) is 34.4 Å². The summed E-state index contributed by atoms with van der Waals surface area (Å²) in [4.78, 5) is 70.6. The van der Waals surface area contributed by atoms with E-state index in [1.165, 1.54) is 6.42 Å². The number of ether oxygens (including phenoxy) is 6. The molecule has 3 fully saturated rings. The third-order valence-electron chi connectivity index (χ3n) is 10.7. The molecular weight excluding hydrogens is 728 g/mol. The van der Waals surface area contributed by atoms with Crippen LogP contribution in [0.15, 0.2) is 24.3 Å². The Balaban J connectivity index is 1.11. The summed E-state index contributed by atoms with van der Waals surface area (Å²) < 4.78 is 30.8. The van der Waals surface area contributed by atoms with Crippen LogP contribution in [0.4, 0.5) is 19.2 Å². The minimum Gasteiger partial charge on any atom is -0.459 e. The number of fused-ring (bicyclic) bond motifs is 5. The Morgan fingerprint density at radius 1 is 0.464 bits per heavy atom. The van der Waals surface area contributed by atoms with E-state index in [0.717, 1.165) is 70.6 Å². The van der Waals surface area contributed by atoms with Gasteiger partial charge in [0, 0.05) is 37.3 Å². The summed E-state index contributed by atoms with van der Waals surface area (Å²) in [6.45, 7) is 12.8. The van der Waals surface area contributed by atoms with E-state index in [9.17, 15) is 28.8 Å². The molecule has 3 rings (SSSR count). The number of esters is 2.